The van der Waals surface area contributed by atoms with Gasteiger partial charge in [0.2, 0.25) is 0 Å². The summed E-state index contributed by atoms with van der Waals surface area (Å²) in [7, 11) is 0. The van der Waals surface area contributed by atoms with Gasteiger partial charge in [-0.1, -0.05) is 12.2 Å². The smallest absolute Gasteiger partial charge is 0.408 e. The van der Waals surface area contributed by atoms with Gasteiger partial charge in [-0.15, -0.1) is 0 Å². The first-order valence-electron chi connectivity index (χ1n) is 6.09. The number of carbonyl (C=O) groups is 2. The molecule has 0 aliphatic carbocycles. The highest BCUT2D eigenvalue weighted by Crippen LogP contribution is 2.06. The number of esters is 1. The number of unbranched alkanes of at least 4 members (excludes halogenated alkanes) is 1. The summed E-state index contributed by atoms with van der Waals surface area (Å²) in [5.74, 6) is -0.457. The van der Waals surface area contributed by atoms with Gasteiger partial charge in [0.1, 0.15) is 12.1 Å². The molecule has 18 heavy (non-hydrogen) atoms. The van der Waals surface area contributed by atoms with Crippen LogP contribution in [0.1, 0.15) is 40.5 Å². The topological polar surface area (TPSA) is 64.6 Å². The van der Waals surface area contributed by atoms with Crippen molar-refractivity contribution in [2.24, 2.45) is 0 Å². The van der Waals surface area contributed by atoms with Gasteiger partial charge in [0.05, 0.1) is 6.61 Å². The van der Waals surface area contributed by atoms with Gasteiger partial charge in [0, 0.05) is 0 Å². The van der Waals surface area contributed by atoms with Crippen LogP contribution in [-0.2, 0) is 14.3 Å². The van der Waals surface area contributed by atoms with Gasteiger partial charge in [-0.2, -0.15) is 0 Å². The zero-order valence-electron chi connectivity index (χ0n) is 11.6. The molecule has 1 amide bonds. The van der Waals surface area contributed by atoms with Crippen LogP contribution in [0.15, 0.2) is 12.2 Å². The molecular formula is C13H23NO4. The molecule has 0 radical (unpaired) electrons. The Kier molecular flexibility index (Phi) is 7.83. The maximum absolute atomic E-state index is 11.2. The standard InChI is InChI=1S/C13H23NO4/c1-5-6-7-8-9-17-11(15)10-14-12(16)18-13(2,3)4/h5-6H,7-10H2,1-4H3,(H,14,16). The van der Waals surface area contributed by atoms with E-state index in [-0.39, 0.29) is 6.54 Å². The minimum atomic E-state index is -0.617. The Morgan fingerprint density at radius 2 is 1.94 bits per heavy atom. The van der Waals surface area contributed by atoms with Crippen LogP contribution < -0.4 is 5.32 Å². The molecule has 0 unspecified atom stereocenters. The van der Waals surface area contributed by atoms with Crippen LogP contribution in [0.3, 0.4) is 0 Å². The van der Waals surface area contributed by atoms with E-state index in [2.05, 4.69) is 5.32 Å². The molecule has 0 bridgehead atoms. The highest BCUT2D eigenvalue weighted by Gasteiger charge is 2.16. The third kappa shape index (κ3) is 11.0. The Hall–Kier alpha value is -1.52. The van der Waals surface area contributed by atoms with Crippen molar-refractivity contribution in [3.05, 3.63) is 12.2 Å². The summed E-state index contributed by atoms with van der Waals surface area (Å²) >= 11 is 0. The molecule has 5 nitrogen and oxygen atoms in total. The second-order valence-electron chi connectivity index (χ2n) is 4.79. The van der Waals surface area contributed by atoms with Crippen LogP contribution in [0, 0.1) is 0 Å². The summed E-state index contributed by atoms with van der Waals surface area (Å²) in [5, 5.41) is 2.34. The van der Waals surface area contributed by atoms with Gasteiger partial charge in [-0.05, 0) is 40.5 Å². The molecule has 0 saturated heterocycles. The van der Waals surface area contributed by atoms with Gasteiger partial charge in [-0.25, -0.2) is 4.79 Å². The molecule has 0 aliphatic heterocycles. The summed E-state index contributed by atoms with van der Waals surface area (Å²) < 4.78 is 9.90. The first-order valence-corrected chi connectivity index (χ1v) is 6.09. The lowest BCUT2D eigenvalue weighted by atomic mass is 10.2. The molecule has 0 aliphatic rings. The van der Waals surface area contributed by atoms with Crippen molar-refractivity contribution < 1.29 is 19.1 Å². The van der Waals surface area contributed by atoms with Crippen LogP contribution in [0.25, 0.3) is 0 Å². The van der Waals surface area contributed by atoms with E-state index in [1.54, 1.807) is 20.8 Å². The molecule has 0 aromatic heterocycles. The number of hydrogen-bond acceptors (Lipinski definition) is 4. The van der Waals surface area contributed by atoms with E-state index in [0.717, 1.165) is 12.8 Å². The van der Waals surface area contributed by atoms with Crippen molar-refractivity contribution in [1.29, 1.82) is 0 Å². The van der Waals surface area contributed by atoms with Crippen LogP contribution >= 0.6 is 0 Å². The van der Waals surface area contributed by atoms with E-state index in [1.807, 2.05) is 19.1 Å². The van der Waals surface area contributed by atoms with Crippen molar-refractivity contribution in [3.63, 3.8) is 0 Å². The highest BCUT2D eigenvalue weighted by atomic mass is 16.6. The molecule has 104 valence electrons. The fourth-order valence-corrected chi connectivity index (χ4v) is 1.06. The van der Waals surface area contributed by atoms with Gasteiger partial charge < -0.3 is 14.8 Å². The molecule has 1 N–H and O–H groups in total. The fraction of sp³-hybridized carbons (Fsp3) is 0.692. The van der Waals surface area contributed by atoms with Gasteiger partial charge in [0.15, 0.2) is 0 Å². The molecular weight excluding hydrogens is 234 g/mol. The van der Waals surface area contributed by atoms with Crippen LogP contribution in [0.5, 0.6) is 0 Å². The molecule has 0 fully saturated rings. The number of alkyl carbamates (subject to hydrolysis) is 1. The largest absolute Gasteiger partial charge is 0.464 e. The third-order valence-electron chi connectivity index (χ3n) is 1.79. The minimum absolute atomic E-state index is 0.168. The van der Waals surface area contributed by atoms with Gasteiger partial charge in [0.25, 0.3) is 0 Å². The summed E-state index contributed by atoms with van der Waals surface area (Å²) in [6, 6.07) is 0. The SMILES string of the molecule is CC=CCCCOC(=O)CNC(=O)OC(C)(C)C. The summed E-state index contributed by atoms with van der Waals surface area (Å²) in [6.07, 6.45) is 5.00. The molecule has 0 aromatic rings. The van der Waals surface area contributed by atoms with Gasteiger partial charge in [-0.3, -0.25) is 4.79 Å². The summed E-state index contributed by atoms with van der Waals surface area (Å²) in [6.45, 7) is 7.40. The maximum Gasteiger partial charge on any atom is 0.408 e. The lowest BCUT2D eigenvalue weighted by Gasteiger charge is -2.19. The zero-order chi connectivity index (χ0) is 14.0. The van der Waals surface area contributed by atoms with Crippen LogP contribution in [-0.4, -0.2) is 30.8 Å². The normalized spacial score (nSPS) is 11.3. The van der Waals surface area contributed by atoms with Crippen molar-refractivity contribution in [2.75, 3.05) is 13.2 Å². The quantitative estimate of drug-likeness (QED) is 0.451. The molecule has 0 spiro atoms. The Morgan fingerprint density at radius 1 is 1.28 bits per heavy atom. The van der Waals surface area contributed by atoms with Crippen molar-refractivity contribution >= 4 is 12.1 Å². The van der Waals surface area contributed by atoms with E-state index in [1.165, 1.54) is 0 Å². The highest BCUT2D eigenvalue weighted by molar-refractivity contribution is 5.77. The predicted molar refractivity (Wildman–Crippen MR) is 69.2 cm³/mol. The second kappa shape index (κ2) is 8.55. The van der Waals surface area contributed by atoms with Crippen molar-refractivity contribution in [1.82, 2.24) is 5.32 Å². The maximum atomic E-state index is 11.2. The zero-order valence-corrected chi connectivity index (χ0v) is 11.6. The number of nitrogens with one attached hydrogen (secondary N) is 1. The van der Waals surface area contributed by atoms with Gasteiger partial charge >= 0.3 is 12.1 Å². The van der Waals surface area contributed by atoms with E-state index in [0.29, 0.717) is 6.61 Å². The second-order valence-corrected chi connectivity index (χ2v) is 4.79. The number of amides is 1. The van der Waals surface area contributed by atoms with Crippen molar-refractivity contribution in [2.45, 2.75) is 46.1 Å². The number of allylic oxidation sites excluding steroid dienone is 2. The van der Waals surface area contributed by atoms with E-state index >= 15 is 0 Å². The van der Waals surface area contributed by atoms with E-state index < -0.39 is 17.7 Å². The molecule has 0 rings (SSSR count). The first kappa shape index (κ1) is 16.5. The third-order valence-corrected chi connectivity index (χ3v) is 1.79. The minimum Gasteiger partial charge on any atom is -0.464 e. The number of ether oxygens (including phenoxy) is 2. The molecule has 5 heteroatoms. The Labute approximate surface area is 109 Å². The number of rotatable bonds is 6. The Morgan fingerprint density at radius 3 is 2.50 bits per heavy atom. The van der Waals surface area contributed by atoms with Crippen LogP contribution in [0.2, 0.25) is 0 Å². The summed E-state index contributed by atoms with van der Waals surface area (Å²) in [4.78, 5) is 22.5. The fourth-order valence-electron chi connectivity index (χ4n) is 1.06. The lowest BCUT2D eigenvalue weighted by Crippen LogP contribution is -2.36. The number of carbonyl (C=O) groups excluding carboxylic acids is 2. The molecule has 0 heterocycles. The molecule has 0 aromatic carbocycles. The Balaban J connectivity index is 3.61. The van der Waals surface area contributed by atoms with E-state index in [4.69, 9.17) is 9.47 Å². The summed E-state index contributed by atoms with van der Waals surface area (Å²) in [5.41, 5.74) is -0.569. The van der Waals surface area contributed by atoms with Crippen LogP contribution in [0.4, 0.5) is 4.79 Å². The monoisotopic (exact) mass is 257 g/mol. The number of hydrogen-bond donors (Lipinski definition) is 1. The molecule has 0 saturated carbocycles. The van der Waals surface area contributed by atoms with E-state index in [9.17, 15) is 9.59 Å². The molecule has 0 atom stereocenters. The lowest BCUT2D eigenvalue weighted by molar-refractivity contribution is -0.142. The Bertz CT molecular complexity index is 292. The predicted octanol–water partition coefficient (Wildman–Crippen LogP) is 2.41. The van der Waals surface area contributed by atoms with Crippen molar-refractivity contribution in [3.8, 4) is 0 Å². The first-order chi connectivity index (χ1) is 8.35. The average molecular weight is 257 g/mol. The average Bonchev–Trinajstić information content (AvgIpc) is 2.24.